The van der Waals surface area contributed by atoms with Gasteiger partial charge in [0.25, 0.3) is 0 Å². The first-order valence-electron chi connectivity index (χ1n) is 9.79. The Morgan fingerprint density at radius 1 is 1.18 bits per heavy atom. The average Bonchev–Trinajstić information content (AvgIpc) is 2.61. The topological polar surface area (TPSA) is 60.5 Å². The van der Waals surface area contributed by atoms with Crippen LogP contribution in [0.2, 0.25) is 0 Å². The lowest BCUT2D eigenvalue weighted by Crippen LogP contribution is -2.43. The number of carbonyl (C=O) groups is 1. The Bertz CT molecular complexity index is 916. The second-order valence-electron chi connectivity index (χ2n) is 8.18. The van der Waals surface area contributed by atoms with Gasteiger partial charge < -0.3 is 14.8 Å². The van der Waals surface area contributed by atoms with Crippen molar-refractivity contribution in [2.24, 2.45) is 0 Å². The molecule has 1 aromatic heterocycles. The monoisotopic (exact) mass is 382 g/mol. The van der Waals surface area contributed by atoms with Crippen LogP contribution in [-0.4, -0.2) is 23.1 Å². The highest BCUT2D eigenvalue weighted by Gasteiger charge is 2.35. The number of pyridine rings is 1. The standard InChI is InChI=1S/C23H30N2O3/c1-13-10-14(2)25-20(11-13)24-12-23(7)9-8-19-17(5)21(27-18(6)26)15(3)16(4)22(19)28-23/h10-11H,8-9,12H2,1-7H3,(H,24,25). The molecule has 5 nitrogen and oxygen atoms in total. The van der Waals surface area contributed by atoms with Crippen molar-refractivity contribution in [2.45, 2.75) is 66.9 Å². The normalized spacial score (nSPS) is 18.2. The molecule has 2 aromatic rings. The van der Waals surface area contributed by atoms with Crippen molar-refractivity contribution < 1.29 is 14.3 Å². The second kappa shape index (κ2) is 7.46. The highest BCUT2D eigenvalue weighted by molar-refractivity contribution is 5.72. The third-order valence-corrected chi connectivity index (χ3v) is 5.55. The van der Waals surface area contributed by atoms with E-state index in [-0.39, 0.29) is 11.6 Å². The molecule has 0 radical (unpaired) electrons. The average molecular weight is 383 g/mol. The Morgan fingerprint density at radius 3 is 2.54 bits per heavy atom. The molecule has 1 aliphatic rings. The van der Waals surface area contributed by atoms with Crippen LogP contribution in [0.4, 0.5) is 5.82 Å². The van der Waals surface area contributed by atoms with Crippen LogP contribution in [0.1, 0.15) is 53.8 Å². The van der Waals surface area contributed by atoms with Gasteiger partial charge in [0, 0.05) is 18.2 Å². The van der Waals surface area contributed by atoms with E-state index < -0.39 is 0 Å². The molecule has 1 atom stereocenters. The maximum atomic E-state index is 11.5. The molecule has 1 unspecified atom stereocenters. The molecule has 3 rings (SSSR count). The van der Waals surface area contributed by atoms with Gasteiger partial charge in [-0.2, -0.15) is 0 Å². The van der Waals surface area contributed by atoms with Crippen LogP contribution in [0.3, 0.4) is 0 Å². The van der Waals surface area contributed by atoms with E-state index in [2.05, 4.69) is 36.3 Å². The molecule has 0 aliphatic carbocycles. The summed E-state index contributed by atoms with van der Waals surface area (Å²) in [5, 5.41) is 3.45. The number of carbonyl (C=O) groups excluding carboxylic acids is 1. The third-order valence-electron chi connectivity index (χ3n) is 5.55. The predicted octanol–water partition coefficient (Wildman–Crippen LogP) is 4.74. The summed E-state index contributed by atoms with van der Waals surface area (Å²) in [6, 6.07) is 4.12. The van der Waals surface area contributed by atoms with Crippen LogP contribution >= 0.6 is 0 Å². The molecule has 1 aliphatic heterocycles. The molecule has 5 heteroatoms. The van der Waals surface area contributed by atoms with Crippen molar-refractivity contribution in [2.75, 3.05) is 11.9 Å². The first-order chi connectivity index (χ1) is 13.1. The Morgan fingerprint density at radius 2 is 1.89 bits per heavy atom. The summed E-state index contributed by atoms with van der Waals surface area (Å²) in [7, 11) is 0. The fourth-order valence-electron chi connectivity index (χ4n) is 3.91. The highest BCUT2D eigenvalue weighted by atomic mass is 16.5. The SMILES string of the molecule is CC(=O)Oc1c(C)c(C)c2c(c1C)CCC(C)(CNc1cc(C)cc(C)n1)O2. The van der Waals surface area contributed by atoms with E-state index in [1.54, 1.807) is 0 Å². The molecule has 0 amide bonds. The minimum Gasteiger partial charge on any atom is -0.485 e. The first-order valence-corrected chi connectivity index (χ1v) is 9.79. The van der Waals surface area contributed by atoms with Crippen molar-refractivity contribution in [3.63, 3.8) is 0 Å². The van der Waals surface area contributed by atoms with Crippen LogP contribution in [0.25, 0.3) is 0 Å². The number of aryl methyl sites for hydroxylation is 2. The van der Waals surface area contributed by atoms with Crippen molar-refractivity contribution in [1.29, 1.82) is 0 Å². The number of nitrogens with one attached hydrogen (secondary N) is 1. The summed E-state index contributed by atoms with van der Waals surface area (Å²) >= 11 is 0. The zero-order valence-electron chi connectivity index (χ0n) is 17.9. The van der Waals surface area contributed by atoms with Crippen LogP contribution < -0.4 is 14.8 Å². The molecule has 28 heavy (non-hydrogen) atoms. The van der Waals surface area contributed by atoms with Gasteiger partial charge in [0.05, 0.1) is 6.54 Å². The number of fused-ring (bicyclic) bond motifs is 1. The summed E-state index contributed by atoms with van der Waals surface area (Å²) in [4.78, 5) is 16.1. The molecule has 0 saturated carbocycles. The maximum absolute atomic E-state index is 11.5. The van der Waals surface area contributed by atoms with Crippen molar-refractivity contribution in [1.82, 2.24) is 4.98 Å². The van der Waals surface area contributed by atoms with Crippen LogP contribution in [0, 0.1) is 34.6 Å². The van der Waals surface area contributed by atoms with Gasteiger partial charge in [-0.25, -0.2) is 4.98 Å². The summed E-state index contributed by atoms with van der Waals surface area (Å²) < 4.78 is 12.0. The van der Waals surface area contributed by atoms with Gasteiger partial charge >= 0.3 is 5.97 Å². The van der Waals surface area contributed by atoms with E-state index >= 15 is 0 Å². The fourth-order valence-corrected chi connectivity index (χ4v) is 3.91. The van der Waals surface area contributed by atoms with E-state index in [9.17, 15) is 4.79 Å². The van der Waals surface area contributed by atoms with Crippen molar-refractivity contribution in [3.05, 3.63) is 45.6 Å². The second-order valence-corrected chi connectivity index (χ2v) is 8.18. The minimum absolute atomic E-state index is 0.294. The number of benzene rings is 1. The van der Waals surface area contributed by atoms with Crippen molar-refractivity contribution >= 4 is 11.8 Å². The van der Waals surface area contributed by atoms with Crippen LogP contribution in [0.5, 0.6) is 11.5 Å². The molecule has 150 valence electrons. The lowest BCUT2D eigenvalue weighted by Gasteiger charge is -2.38. The summed E-state index contributed by atoms with van der Waals surface area (Å²) in [5.41, 5.74) is 5.99. The Kier molecular flexibility index (Phi) is 5.37. The minimum atomic E-state index is -0.334. The van der Waals surface area contributed by atoms with Gasteiger partial charge in [0.1, 0.15) is 22.9 Å². The van der Waals surface area contributed by atoms with E-state index in [1.165, 1.54) is 12.5 Å². The molecule has 1 aromatic carbocycles. The summed E-state index contributed by atoms with van der Waals surface area (Å²) in [6.45, 7) is 14.3. The smallest absolute Gasteiger partial charge is 0.308 e. The zero-order chi connectivity index (χ0) is 20.6. The van der Waals surface area contributed by atoms with E-state index in [0.29, 0.717) is 12.3 Å². The summed E-state index contributed by atoms with van der Waals surface area (Å²) in [5.74, 6) is 2.18. The molecule has 2 heterocycles. The van der Waals surface area contributed by atoms with Gasteiger partial charge in [-0.15, -0.1) is 0 Å². The van der Waals surface area contributed by atoms with Gasteiger partial charge in [-0.05, 0) is 88.8 Å². The highest BCUT2D eigenvalue weighted by Crippen LogP contribution is 2.43. The van der Waals surface area contributed by atoms with E-state index in [1.807, 2.05) is 27.7 Å². The zero-order valence-corrected chi connectivity index (χ0v) is 17.9. The number of esters is 1. The van der Waals surface area contributed by atoms with Gasteiger partial charge in [-0.1, -0.05) is 0 Å². The van der Waals surface area contributed by atoms with Gasteiger partial charge in [0.2, 0.25) is 0 Å². The molecule has 0 fully saturated rings. The number of nitrogens with zero attached hydrogens (tertiary/aromatic N) is 1. The fraction of sp³-hybridized carbons (Fsp3) is 0.478. The first kappa shape index (κ1) is 20.2. The van der Waals surface area contributed by atoms with Crippen molar-refractivity contribution in [3.8, 4) is 11.5 Å². The molecular weight excluding hydrogens is 352 g/mol. The largest absolute Gasteiger partial charge is 0.485 e. The molecule has 0 spiro atoms. The molecule has 0 saturated heterocycles. The van der Waals surface area contributed by atoms with Crippen LogP contribution in [0.15, 0.2) is 12.1 Å². The van der Waals surface area contributed by atoms with E-state index in [4.69, 9.17) is 9.47 Å². The number of anilines is 1. The van der Waals surface area contributed by atoms with Crippen LogP contribution in [-0.2, 0) is 11.2 Å². The lowest BCUT2D eigenvalue weighted by molar-refractivity contribution is -0.132. The van der Waals surface area contributed by atoms with Gasteiger partial charge in [0.15, 0.2) is 0 Å². The third kappa shape index (κ3) is 3.98. The number of aromatic nitrogens is 1. The molecule has 0 bridgehead atoms. The Balaban J connectivity index is 1.86. The quantitative estimate of drug-likeness (QED) is 0.611. The number of ether oxygens (including phenoxy) is 2. The molecule has 1 N–H and O–H groups in total. The lowest BCUT2D eigenvalue weighted by atomic mass is 9.87. The summed E-state index contributed by atoms with van der Waals surface area (Å²) in [6.07, 6.45) is 1.76. The number of hydrogen-bond donors (Lipinski definition) is 1. The number of rotatable bonds is 4. The predicted molar refractivity (Wildman–Crippen MR) is 112 cm³/mol. The van der Waals surface area contributed by atoms with Gasteiger partial charge in [-0.3, -0.25) is 4.79 Å². The Labute approximate surface area is 167 Å². The Hall–Kier alpha value is -2.56. The van der Waals surface area contributed by atoms with E-state index in [0.717, 1.165) is 52.4 Å². The maximum Gasteiger partial charge on any atom is 0.308 e. The number of hydrogen-bond acceptors (Lipinski definition) is 5. The molecular formula is C23H30N2O3.